The predicted molar refractivity (Wildman–Crippen MR) is 78.1 cm³/mol. The van der Waals surface area contributed by atoms with Crippen LogP contribution in [0.4, 0.5) is 0 Å². The fraction of sp³-hybridized carbons (Fsp3) is 0. The minimum absolute atomic E-state index is 0.236. The van der Waals surface area contributed by atoms with E-state index in [1.54, 1.807) is 17.4 Å². The quantitative estimate of drug-likeness (QED) is 0.542. The molecule has 0 spiro atoms. The Bertz CT molecular complexity index is 949. The third-order valence-electron chi connectivity index (χ3n) is 3.37. The molecule has 3 nitrogen and oxygen atoms in total. The molecule has 0 atom stereocenters. The van der Waals surface area contributed by atoms with Crippen LogP contribution in [-0.4, -0.2) is 16.1 Å². The zero-order chi connectivity index (χ0) is 13.0. The Morgan fingerprint density at radius 3 is 2.79 bits per heavy atom. The van der Waals surface area contributed by atoms with Gasteiger partial charge in [-0.05, 0) is 12.1 Å². The summed E-state index contributed by atoms with van der Waals surface area (Å²) in [5.41, 5.74) is 1.15. The minimum Gasteiger partial charge on any atom is -0.477 e. The van der Waals surface area contributed by atoms with E-state index in [1.165, 1.54) is 15.5 Å². The molecule has 92 valence electrons. The topological polar surface area (TPSA) is 53.1 Å². The van der Waals surface area contributed by atoms with Gasteiger partial charge in [-0.25, -0.2) is 4.79 Å². The highest BCUT2D eigenvalue weighted by Gasteiger charge is 2.12. The monoisotopic (exact) mass is 267 g/mol. The first-order valence-electron chi connectivity index (χ1n) is 5.90. The van der Waals surface area contributed by atoms with Crippen LogP contribution in [0.25, 0.3) is 31.1 Å². The lowest BCUT2D eigenvalue weighted by Gasteiger charge is -1.93. The lowest BCUT2D eigenvalue weighted by atomic mass is 10.1. The van der Waals surface area contributed by atoms with Crippen molar-refractivity contribution in [3.8, 4) is 0 Å². The van der Waals surface area contributed by atoms with Crippen LogP contribution in [0.2, 0.25) is 0 Å². The molecule has 0 radical (unpaired) electrons. The van der Waals surface area contributed by atoms with Gasteiger partial charge in [-0.1, -0.05) is 30.3 Å². The van der Waals surface area contributed by atoms with Crippen molar-refractivity contribution < 1.29 is 9.90 Å². The van der Waals surface area contributed by atoms with Gasteiger partial charge in [0, 0.05) is 20.9 Å². The number of H-pyrrole nitrogens is 1. The molecular formula is C15H9NO2S. The summed E-state index contributed by atoms with van der Waals surface area (Å²) in [6.07, 6.45) is 0. The first-order chi connectivity index (χ1) is 9.24. The number of hydrogen-bond acceptors (Lipinski definition) is 2. The number of carboxylic acid groups (broad SMARTS) is 1. The van der Waals surface area contributed by atoms with Crippen LogP contribution in [0, 0.1) is 0 Å². The predicted octanol–water partition coefficient (Wildman–Crippen LogP) is 4.23. The number of benzene rings is 2. The smallest absolute Gasteiger partial charge is 0.352 e. The van der Waals surface area contributed by atoms with E-state index in [9.17, 15) is 4.79 Å². The number of thiophene rings is 1. The normalized spacial score (nSPS) is 11.6. The summed E-state index contributed by atoms with van der Waals surface area (Å²) in [7, 11) is 0. The van der Waals surface area contributed by atoms with Crippen LogP contribution >= 0.6 is 11.3 Å². The molecule has 0 saturated carbocycles. The van der Waals surface area contributed by atoms with Gasteiger partial charge in [0.2, 0.25) is 0 Å². The molecule has 2 aromatic heterocycles. The van der Waals surface area contributed by atoms with Crippen molar-refractivity contribution in [3.05, 3.63) is 48.2 Å². The van der Waals surface area contributed by atoms with E-state index in [-0.39, 0.29) is 5.69 Å². The number of carboxylic acids is 1. The van der Waals surface area contributed by atoms with E-state index >= 15 is 0 Å². The molecule has 4 rings (SSSR count). The van der Waals surface area contributed by atoms with Crippen LogP contribution in [0.1, 0.15) is 10.5 Å². The van der Waals surface area contributed by atoms with Gasteiger partial charge in [-0.15, -0.1) is 11.3 Å². The summed E-state index contributed by atoms with van der Waals surface area (Å²) in [5, 5.41) is 12.4. The highest BCUT2D eigenvalue weighted by atomic mass is 32.1. The van der Waals surface area contributed by atoms with Crippen molar-refractivity contribution in [2.45, 2.75) is 0 Å². The van der Waals surface area contributed by atoms with E-state index in [1.807, 2.05) is 18.2 Å². The van der Waals surface area contributed by atoms with Gasteiger partial charge in [0.1, 0.15) is 5.69 Å². The largest absolute Gasteiger partial charge is 0.477 e. The molecule has 0 fully saturated rings. The van der Waals surface area contributed by atoms with Gasteiger partial charge < -0.3 is 10.1 Å². The molecule has 2 heterocycles. The van der Waals surface area contributed by atoms with Crippen molar-refractivity contribution in [1.29, 1.82) is 0 Å². The van der Waals surface area contributed by atoms with Crippen molar-refractivity contribution in [2.75, 3.05) is 0 Å². The summed E-state index contributed by atoms with van der Waals surface area (Å²) in [4.78, 5) is 14.1. The maximum atomic E-state index is 11.1. The lowest BCUT2D eigenvalue weighted by Crippen LogP contribution is -1.94. The summed E-state index contributed by atoms with van der Waals surface area (Å²) < 4.78 is 2.34. The number of aromatic nitrogens is 1. The molecular weight excluding hydrogens is 258 g/mol. The SMILES string of the molecule is O=C(O)c1cc2ccc3c4ccccc4sc3c2[nH]1. The molecule has 4 aromatic rings. The van der Waals surface area contributed by atoms with Gasteiger partial charge in [-0.3, -0.25) is 0 Å². The molecule has 0 unspecified atom stereocenters. The van der Waals surface area contributed by atoms with Crippen molar-refractivity contribution in [3.63, 3.8) is 0 Å². The average molecular weight is 267 g/mol. The Balaban J connectivity index is 2.21. The fourth-order valence-corrected chi connectivity index (χ4v) is 3.71. The van der Waals surface area contributed by atoms with E-state index < -0.39 is 5.97 Å². The Hall–Kier alpha value is -2.33. The highest BCUT2D eigenvalue weighted by Crippen LogP contribution is 2.37. The van der Waals surface area contributed by atoms with Crippen molar-refractivity contribution in [2.24, 2.45) is 0 Å². The second-order valence-corrected chi connectivity index (χ2v) is 5.55. The molecule has 0 saturated heterocycles. The van der Waals surface area contributed by atoms with Crippen molar-refractivity contribution >= 4 is 48.4 Å². The molecule has 2 aromatic carbocycles. The van der Waals surface area contributed by atoms with E-state index in [2.05, 4.69) is 23.2 Å². The van der Waals surface area contributed by atoms with Crippen LogP contribution in [0.5, 0.6) is 0 Å². The maximum absolute atomic E-state index is 11.1. The van der Waals surface area contributed by atoms with Gasteiger partial charge >= 0.3 is 5.97 Å². The molecule has 0 amide bonds. The van der Waals surface area contributed by atoms with Gasteiger partial charge in [0.05, 0.1) is 10.2 Å². The average Bonchev–Trinajstić information content (AvgIpc) is 2.99. The standard InChI is InChI=1S/C15H9NO2S/c17-15(18)11-7-8-5-6-10-9-3-1-2-4-12(9)19-14(10)13(8)16-11/h1-7,16H,(H,17,18). The van der Waals surface area contributed by atoms with E-state index in [0.29, 0.717) is 0 Å². The van der Waals surface area contributed by atoms with Crippen LogP contribution in [0.15, 0.2) is 42.5 Å². The Kier molecular flexibility index (Phi) is 2.00. The Morgan fingerprint density at radius 2 is 1.95 bits per heavy atom. The highest BCUT2D eigenvalue weighted by molar-refractivity contribution is 7.26. The first-order valence-corrected chi connectivity index (χ1v) is 6.72. The van der Waals surface area contributed by atoms with Gasteiger partial charge in [0.25, 0.3) is 0 Å². The molecule has 19 heavy (non-hydrogen) atoms. The number of fused-ring (bicyclic) bond motifs is 5. The molecule has 0 bridgehead atoms. The van der Waals surface area contributed by atoms with Gasteiger partial charge in [0.15, 0.2) is 0 Å². The van der Waals surface area contributed by atoms with Gasteiger partial charge in [-0.2, -0.15) is 0 Å². The van der Waals surface area contributed by atoms with E-state index in [0.717, 1.165) is 15.6 Å². The lowest BCUT2D eigenvalue weighted by molar-refractivity contribution is 0.0691. The zero-order valence-corrected chi connectivity index (χ0v) is 10.6. The number of nitrogens with one attached hydrogen (secondary N) is 1. The maximum Gasteiger partial charge on any atom is 0.352 e. The number of hydrogen-bond donors (Lipinski definition) is 2. The molecule has 0 aliphatic heterocycles. The van der Waals surface area contributed by atoms with Crippen LogP contribution < -0.4 is 0 Å². The third-order valence-corrected chi connectivity index (χ3v) is 4.57. The Morgan fingerprint density at radius 1 is 1.11 bits per heavy atom. The van der Waals surface area contributed by atoms with E-state index in [4.69, 9.17) is 5.11 Å². The number of rotatable bonds is 1. The summed E-state index contributed by atoms with van der Waals surface area (Å²) in [5.74, 6) is -0.925. The molecule has 0 aliphatic carbocycles. The first kappa shape index (κ1) is 10.6. The van der Waals surface area contributed by atoms with Crippen molar-refractivity contribution in [1.82, 2.24) is 4.98 Å². The van der Waals surface area contributed by atoms with Crippen LogP contribution in [-0.2, 0) is 0 Å². The summed E-state index contributed by atoms with van der Waals surface area (Å²) in [6.45, 7) is 0. The number of aromatic carboxylic acids is 1. The minimum atomic E-state index is -0.925. The summed E-state index contributed by atoms with van der Waals surface area (Å²) >= 11 is 1.69. The molecule has 4 heteroatoms. The third kappa shape index (κ3) is 1.40. The zero-order valence-electron chi connectivity index (χ0n) is 9.81. The molecule has 2 N–H and O–H groups in total. The second-order valence-electron chi connectivity index (χ2n) is 4.49. The molecule has 0 aliphatic rings. The second kappa shape index (κ2) is 3.59. The number of aromatic amines is 1. The summed E-state index contributed by atoms with van der Waals surface area (Å²) in [6, 6.07) is 14.0. The Labute approximate surface area is 112 Å². The van der Waals surface area contributed by atoms with Crippen LogP contribution in [0.3, 0.4) is 0 Å². The number of carbonyl (C=O) groups is 1. The fourth-order valence-electron chi connectivity index (χ4n) is 2.49.